The van der Waals surface area contributed by atoms with Crippen LogP contribution < -0.4 is 10.0 Å². The molecule has 1 aliphatic rings. The maximum Gasteiger partial charge on any atom is 0.241 e. The van der Waals surface area contributed by atoms with Gasteiger partial charge in [0.1, 0.15) is 0 Å². The molecule has 31 heavy (non-hydrogen) atoms. The molecule has 0 saturated heterocycles. The Bertz CT molecular complexity index is 1050. The predicted molar refractivity (Wildman–Crippen MR) is 128 cm³/mol. The first-order valence-corrected chi connectivity index (χ1v) is 13.6. The van der Waals surface area contributed by atoms with E-state index in [9.17, 15) is 13.2 Å². The van der Waals surface area contributed by atoms with Gasteiger partial charge in [0.2, 0.25) is 15.9 Å². The van der Waals surface area contributed by atoms with E-state index in [4.69, 9.17) is 0 Å². The molecule has 0 saturated carbocycles. The van der Waals surface area contributed by atoms with E-state index in [0.29, 0.717) is 12.1 Å². The van der Waals surface area contributed by atoms with E-state index in [-0.39, 0.29) is 22.8 Å². The molecule has 0 radical (unpaired) electrons. The Kier molecular flexibility index (Phi) is 7.83. The smallest absolute Gasteiger partial charge is 0.241 e. The number of rotatable bonds is 8. The molecule has 3 rings (SSSR count). The van der Waals surface area contributed by atoms with Crippen LogP contribution in [-0.2, 0) is 27.7 Å². The highest BCUT2D eigenvalue weighted by Crippen LogP contribution is 2.30. The van der Waals surface area contributed by atoms with Gasteiger partial charge < -0.3 is 5.32 Å². The Balaban J connectivity index is 1.87. The summed E-state index contributed by atoms with van der Waals surface area (Å²) >= 11 is 1.47. The molecule has 0 heterocycles. The summed E-state index contributed by atoms with van der Waals surface area (Å²) in [6.07, 6.45) is 7.11. The zero-order valence-electron chi connectivity index (χ0n) is 18.7. The normalized spacial score (nSPS) is 14.9. The number of sulfonamides is 1. The van der Waals surface area contributed by atoms with Crippen molar-refractivity contribution < 1.29 is 13.2 Å². The Morgan fingerprint density at radius 2 is 1.77 bits per heavy atom. The number of benzene rings is 2. The lowest BCUT2D eigenvalue weighted by atomic mass is 9.89. The number of nitrogens with one attached hydrogen (secondary N) is 2. The van der Waals surface area contributed by atoms with E-state index >= 15 is 0 Å². The third kappa shape index (κ3) is 5.70. The average molecular weight is 461 g/mol. The highest BCUT2D eigenvalue weighted by atomic mass is 32.2. The Morgan fingerprint density at radius 3 is 2.42 bits per heavy atom. The van der Waals surface area contributed by atoms with Crippen molar-refractivity contribution in [3.8, 4) is 0 Å². The summed E-state index contributed by atoms with van der Waals surface area (Å²) in [4.78, 5) is 13.2. The van der Waals surface area contributed by atoms with Crippen molar-refractivity contribution in [1.82, 2.24) is 4.72 Å². The Labute approximate surface area is 190 Å². The quantitative estimate of drug-likeness (QED) is 0.524. The third-order valence-electron chi connectivity index (χ3n) is 5.74. The van der Waals surface area contributed by atoms with Crippen LogP contribution in [0.1, 0.15) is 62.8 Å². The highest BCUT2D eigenvalue weighted by molar-refractivity contribution is 7.98. The maximum absolute atomic E-state index is 13.2. The lowest BCUT2D eigenvalue weighted by molar-refractivity contribution is -0.118. The molecule has 1 unspecified atom stereocenters. The number of hydrogen-bond acceptors (Lipinski definition) is 4. The Morgan fingerprint density at radius 1 is 1.06 bits per heavy atom. The van der Waals surface area contributed by atoms with Gasteiger partial charge in [0.25, 0.3) is 0 Å². The van der Waals surface area contributed by atoms with Crippen LogP contribution in [0.3, 0.4) is 0 Å². The van der Waals surface area contributed by atoms with Crippen molar-refractivity contribution in [2.45, 2.75) is 68.7 Å². The van der Waals surface area contributed by atoms with Gasteiger partial charge in [-0.15, -0.1) is 11.8 Å². The van der Waals surface area contributed by atoms with Gasteiger partial charge >= 0.3 is 0 Å². The van der Waals surface area contributed by atoms with Gasteiger partial charge in [0.05, 0.1) is 10.6 Å². The summed E-state index contributed by atoms with van der Waals surface area (Å²) < 4.78 is 29.3. The second kappa shape index (κ2) is 10.2. The first-order chi connectivity index (χ1) is 14.7. The van der Waals surface area contributed by atoms with E-state index in [1.54, 1.807) is 32.0 Å². The lowest BCUT2D eigenvalue weighted by Gasteiger charge is -2.22. The van der Waals surface area contributed by atoms with E-state index in [1.807, 2.05) is 19.2 Å². The third-order valence-corrected chi connectivity index (χ3v) is 8.01. The number of carbonyl (C=O) groups excluding carboxylic acids is 1. The highest BCUT2D eigenvalue weighted by Gasteiger charge is 2.23. The number of hydrogen-bond donors (Lipinski definition) is 2. The second-order valence-corrected chi connectivity index (χ2v) is 10.9. The number of carbonyl (C=O) groups is 1. The number of fused-ring (bicyclic) bond motifs is 1. The largest absolute Gasteiger partial charge is 0.325 e. The molecular formula is C24H32N2O3S2. The zero-order valence-corrected chi connectivity index (χ0v) is 20.3. The summed E-state index contributed by atoms with van der Waals surface area (Å²) in [6, 6.07) is 10.9. The van der Waals surface area contributed by atoms with E-state index in [2.05, 4.69) is 22.2 Å². The van der Waals surface area contributed by atoms with Gasteiger partial charge in [0.15, 0.2) is 0 Å². The monoisotopic (exact) mass is 460 g/mol. The molecule has 168 valence electrons. The molecule has 0 aliphatic heterocycles. The van der Waals surface area contributed by atoms with Crippen LogP contribution in [0.5, 0.6) is 0 Å². The van der Waals surface area contributed by atoms with Crippen molar-refractivity contribution in [2.24, 2.45) is 5.92 Å². The van der Waals surface area contributed by atoms with Crippen LogP contribution in [0.2, 0.25) is 0 Å². The van der Waals surface area contributed by atoms with E-state index in [0.717, 1.165) is 23.3 Å². The van der Waals surface area contributed by atoms with Crippen molar-refractivity contribution >= 4 is 33.4 Å². The van der Waals surface area contributed by atoms with E-state index in [1.165, 1.54) is 35.7 Å². The predicted octanol–water partition coefficient (Wildman–Crippen LogP) is 5.31. The van der Waals surface area contributed by atoms with Crippen LogP contribution in [-0.4, -0.2) is 20.6 Å². The minimum atomic E-state index is -3.76. The molecule has 0 spiro atoms. The Hall–Kier alpha value is -1.83. The van der Waals surface area contributed by atoms with Crippen molar-refractivity contribution in [2.75, 3.05) is 11.6 Å². The minimum Gasteiger partial charge on any atom is -0.325 e. The van der Waals surface area contributed by atoms with Gasteiger partial charge in [-0.1, -0.05) is 39.0 Å². The fraction of sp³-hybridized carbons (Fsp3) is 0.458. The molecule has 1 atom stereocenters. The van der Waals surface area contributed by atoms with E-state index < -0.39 is 10.0 Å². The number of thioether (sulfide) groups is 1. The average Bonchev–Trinajstić information content (AvgIpc) is 2.77. The molecule has 2 N–H and O–H groups in total. The SMILES string of the molecule is CCC(NS(=O)(=O)c1ccc(SC)c(NC(=O)C(C)C)c1)c1ccc2c(c1)CCCC2. The second-order valence-electron chi connectivity index (χ2n) is 8.32. The summed E-state index contributed by atoms with van der Waals surface area (Å²) in [7, 11) is -3.76. The molecule has 0 bridgehead atoms. The number of aryl methyl sites for hydroxylation is 2. The number of anilines is 1. The fourth-order valence-corrected chi connectivity index (χ4v) is 5.71. The summed E-state index contributed by atoms with van der Waals surface area (Å²) in [5.74, 6) is -0.333. The lowest BCUT2D eigenvalue weighted by Crippen LogP contribution is -2.29. The first kappa shape index (κ1) is 23.8. The van der Waals surface area contributed by atoms with Gasteiger partial charge in [-0.25, -0.2) is 13.1 Å². The standard InChI is InChI=1S/C24H32N2O3S2/c1-5-21(19-11-10-17-8-6-7-9-18(17)14-19)26-31(28,29)20-12-13-23(30-4)22(15-20)25-24(27)16(2)3/h10-16,21,26H,5-9H2,1-4H3,(H,25,27). The summed E-state index contributed by atoms with van der Waals surface area (Å²) in [5, 5.41) is 2.85. The van der Waals surface area contributed by atoms with Crippen LogP contribution in [0, 0.1) is 5.92 Å². The molecule has 2 aromatic carbocycles. The molecule has 7 heteroatoms. The zero-order chi connectivity index (χ0) is 22.6. The fourth-order valence-electron chi connectivity index (χ4n) is 3.84. The molecule has 0 fully saturated rings. The van der Waals surface area contributed by atoms with Crippen LogP contribution in [0.4, 0.5) is 5.69 Å². The number of amides is 1. The topological polar surface area (TPSA) is 75.3 Å². The molecule has 1 aliphatic carbocycles. The summed E-state index contributed by atoms with van der Waals surface area (Å²) in [5.41, 5.74) is 4.24. The molecular weight excluding hydrogens is 428 g/mol. The maximum atomic E-state index is 13.2. The van der Waals surface area contributed by atoms with Crippen LogP contribution in [0.15, 0.2) is 46.2 Å². The van der Waals surface area contributed by atoms with Crippen LogP contribution in [0.25, 0.3) is 0 Å². The first-order valence-electron chi connectivity index (χ1n) is 10.9. The minimum absolute atomic E-state index is 0.140. The van der Waals surface area contributed by atoms with Gasteiger partial charge in [0, 0.05) is 16.9 Å². The molecule has 1 amide bonds. The van der Waals surface area contributed by atoms with Crippen molar-refractivity contribution in [3.63, 3.8) is 0 Å². The van der Waals surface area contributed by atoms with Crippen LogP contribution >= 0.6 is 11.8 Å². The molecule has 5 nitrogen and oxygen atoms in total. The van der Waals surface area contributed by atoms with Gasteiger partial charge in [-0.2, -0.15) is 0 Å². The molecule has 2 aromatic rings. The van der Waals surface area contributed by atoms with Crippen molar-refractivity contribution in [1.29, 1.82) is 0 Å². The molecule has 0 aromatic heterocycles. The summed E-state index contributed by atoms with van der Waals surface area (Å²) in [6.45, 7) is 5.60. The van der Waals surface area contributed by atoms with Crippen molar-refractivity contribution in [3.05, 3.63) is 53.1 Å². The van der Waals surface area contributed by atoms with Gasteiger partial charge in [-0.05, 0) is 73.2 Å². The van der Waals surface area contributed by atoms with Gasteiger partial charge in [-0.3, -0.25) is 4.79 Å².